The van der Waals surface area contributed by atoms with Crippen LogP contribution >= 0.6 is 7.80 Å². The van der Waals surface area contributed by atoms with Crippen molar-refractivity contribution in [1.82, 2.24) is 0 Å². The van der Waals surface area contributed by atoms with Gasteiger partial charge in [0.2, 0.25) is 6.16 Å². The predicted octanol–water partition coefficient (Wildman–Crippen LogP) is 1.03. The Balaban J connectivity index is 3.32. The third-order valence-electron chi connectivity index (χ3n) is 0.445. The summed E-state index contributed by atoms with van der Waals surface area (Å²) in [7, 11) is -1.24. The van der Waals surface area contributed by atoms with Crippen LogP contribution in [0.1, 0.15) is 6.92 Å². The molecule has 1 atom stereocenters. The second-order valence-electron chi connectivity index (χ2n) is 1.49. The molecule has 0 rings (SSSR count). The van der Waals surface area contributed by atoms with Crippen LogP contribution in [0.5, 0.6) is 0 Å². The standard InChI is InChI=1S/C4H8O2P/c1-4(5)3-7(2)6/h3H2,1-2H3/q+1. The fourth-order valence-corrected chi connectivity index (χ4v) is 0.941. The van der Waals surface area contributed by atoms with Gasteiger partial charge in [0.25, 0.3) is 0 Å². The van der Waals surface area contributed by atoms with Gasteiger partial charge in [0.05, 0.1) is 0 Å². The molecular weight excluding hydrogens is 111 g/mol. The first-order chi connectivity index (χ1) is 3.13. The molecule has 3 heteroatoms. The Morgan fingerprint density at radius 1 is 1.71 bits per heavy atom. The maximum Gasteiger partial charge on any atom is 0.343 e. The van der Waals surface area contributed by atoms with E-state index in [0.29, 0.717) is 0 Å². The van der Waals surface area contributed by atoms with E-state index in [-0.39, 0.29) is 11.9 Å². The van der Waals surface area contributed by atoms with E-state index in [1.807, 2.05) is 0 Å². The van der Waals surface area contributed by atoms with Crippen LogP contribution in [-0.2, 0) is 9.36 Å². The number of rotatable bonds is 2. The SMILES string of the molecule is CC(=O)C[P+](C)=O. The molecule has 0 bridgehead atoms. The quantitative estimate of drug-likeness (QED) is 0.509. The first-order valence-corrected chi connectivity index (χ1v) is 3.90. The number of Topliss-reactive ketones (excluding diaryl/α,β-unsaturated/α-hetero) is 1. The first kappa shape index (κ1) is 6.77. The molecule has 0 radical (unpaired) electrons. The minimum atomic E-state index is -1.24. The van der Waals surface area contributed by atoms with Gasteiger partial charge < -0.3 is 0 Å². The molecule has 2 nitrogen and oxygen atoms in total. The maximum atomic E-state index is 10.2. The molecule has 0 amide bonds. The van der Waals surface area contributed by atoms with Crippen LogP contribution in [0.2, 0.25) is 0 Å². The summed E-state index contributed by atoms with van der Waals surface area (Å²) in [6.07, 6.45) is 0.231. The number of hydrogen-bond donors (Lipinski definition) is 0. The second kappa shape index (κ2) is 2.86. The molecule has 0 aliphatic carbocycles. The zero-order chi connectivity index (χ0) is 5.86. The lowest BCUT2D eigenvalue weighted by Crippen LogP contribution is -1.90. The summed E-state index contributed by atoms with van der Waals surface area (Å²) in [4.78, 5) is 10.1. The van der Waals surface area contributed by atoms with E-state index in [4.69, 9.17) is 0 Å². The van der Waals surface area contributed by atoms with Crippen molar-refractivity contribution in [2.45, 2.75) is 6.92 Å². The van der Waals surface area contributed by atoms with Crippen LogP contribution in [0.25, 0.3) is 0 Å². The minimum Gasteiger partial charge on any atom is -0.295 e. The normalized spacial score (nSPS) is 10.9. The fourth-order valence-electron chi connectivity index (χ4n) is 0.314. The zero-order valence-electron chi connectivity index (χ0n) is 4.47. The van der Waals surface area contributed by atoms with Crippen molar-refractivity contribution in [2.75, 3.05) is 12.8 Å². The average molecular weight is 119 g/mol. The van der Waals surface area contributed by atoms with E-state index in [1.54, 1.807) is 6.66 Å². The smallest absolute Gasteiger partial charge is 0.295 e. The van der Waals surface area contributed by atoms with Gasteiger partial charge in [-0.2, -0.15) is 0 Å². The molecule has 40 valence electrons. The van der Waals surface area contributed by atoms with Gasteiger partial charge in [0.15, 0.2) is 5.78 Å². The van der Waals surface area contributed by atoms with E-state index < -0.39 is 7.80 Å². The molecule has 0 N–H and O–H groups in total. The van der Waals surface area contributed by atoms with Gasteiger partial charge in [-0.3, -0.25) is 4.79 Å². The van der Waals surface area contributed by atoms with Crippen molar-refractivity contribution < 1.29 is 9.36 Å². The predicted molar refractivity (Wildman–Crippen MR) is 29.1 cm³/mol. The third kappa shape index (κ3) is 5.77. The van der Waals surface area contributed by atoms with Crippen molar-refractivity contribution in [2.24, 2.45) is 0 Å². The summed E-state index contributed by atoms with van der Waals surface area (Å²) in [6.45, 7) is 2.99. The van der Waals surface area contributed by atoms with Gasteiger partial charge in [-0.05, 0) is 6.92 Å². The topological polar surface area (TPSA) is 34.1 Å². The van der Waals surface area contributed by atoms with E-state index in [9.17, 15) is 9.36 Å². The molecule has 0 aromatic heterocycles. The molecule has 0 aromatic rings. The summed E-state index contributed by atoms with van der Waals surface area (Å²) in [6, 6.07) is 0. The highest BCUT2D eigenvalue weighted by molar-refractivity contribution is 7.44. The van der Waals surface area contributed by atoms with Crippen LogP contribution in [0, 0.1) is 0 Å². The van der Waals surface area contributed by atoms with Crippen molar-refractivity contribution in [1.29, 1.82) is 0 Å². The largest absolute Gasteiger partial charge is 0.343 e. The number of hydrogen-bond acceptors (Lipinski definition) is 2. The van der Waals surface area contributed by atoms with E-state index in [2.05, 4.69) is 0 Å². The fraction of sp³-hybridized carbons (Fsp3) is 0.750. The molecule has 0 saturated carbocycles. The van der Waals surface area contributed by atoms with Gasteiger partial charge in [0.1, 0.15) is 6.66 Å². The Morgan fingerprint density at radius 3 is 2.14 bits per heavy atom. The highest BCUT2D eigenvalue weighted by Gasteiger charge is 2.07. The zero-order valence-corrected chi connectivity index (χ0v) is 5.37. The molecule has 7 heavy (non-hydrogen) atoms. The monoisotopic (exact) mass is 119 g/mol. The minimum absolute atomic E-state index is 0.00334. The van der Waals surface area contributed by atoms with Gasteiger partial charge in [0, 0.05) is 0 Å². The van der Waals surface area contributed by atoms with Crippen LogP contribution in [0.4, 0.5) is 0 Å². The number of carbonyl (C=O) groups is 1. The lowest BCUT2D eigenvalue weighted by molar-refractivity contribution is -0.114. The Bertz CT molecular complexity index is 85.9. The van der Waals surface area contributed by atoms with Crippen molar-refractivity contribution in [3.05, 3.63) is 0 Å². The van der Waals surface area contributed by atoms with E-state index >= 15 is 0 Å². The molecular formula is C4H8O2P+. The van der Waals surface area contributed by atoms with Gasteiger partial charge in [-0.25, -0.2) is 0 Å². The molecule has 0 spiro atoms. The molecule has 1 unspecified atom stereocenters. The summed E-state index contributed by atoms with van der Waals surface area (Å²) in [5.41, 5.74) is 0. The first-order valence-electron chi connectivity index (χ1n) is 2.00. The van der Waals surface area contributed by atoms with Crippen molar-refractivity contribution in [3.63, 3.8) is 0 Å². The van der Waals surface area contributed by atoms with Crippen LogP contribution < -0.4 is 0 Å². The second-order valence-corrected chi connectivity index (χ2v) is 3.06. The van der Waals surface area contributed by atoms with Crippen LogP contribution in [-0.4, -0.2) is 18.6 Å². The summed E-state index contributed by atoms with van der Waals surface area (Å²) < 4.78 is 10.2. The van der Waals surface area contributed by atoms with E-state index in [1.165, 1.54) is 6.92 Å². The Morgan fingerprint density at radius 2 is 2.14 bits per heavy atom. The highest BCUT2D eigenvalue weighted by Crippen LogP contribution is 2.11. The molecule has 0 aliphatic rings. The Kier molecular flexibility index (Phi) is 2.77. The molecule has 0 saturated heterocycles. The Labute approximate surface area is 43.7 Å². The highest BCUT2D eigenvalue weighted by atomic mass is 31.1. The van der Waals surface area contributed by atoms with Crippen LogP contribution in [0.3, 0.4) is 0 Å². The maximum absolute atomic E-state index is 10.2. The lowest BCUT2D eigenvalue weighted by Gasteiger charge is -1.70. The van der Waals surface area contributed by atoms with Gasteiger partial charge in [-0.1, -0.05) is 4.57 Å². The lowest BCUT2D eigenvalue weighted by atomic mass is 10.5. The summed E-state index contributed by atoms with van der Waals surface area (Å²) in [5.74, 6) is 0.00334. The van der Waals surface area contributed by atoms with Crippen molar-refractivity contribution in [3.8, 4) is 0 Å². The molecule has 0 aromatic carbocycles. The summed E-state index contributed by atoms with van der Waals surface area (Å²) >= 11 is 0. The summed E-state index contributed by atoms with van der Waals surface area (Å²) in [5, 5.41) is 0. The van der Waals surface area contributed by atoms with Crippen LogP contribution in [0.15, 0.2) is 0 Å². The Hall–Kier alpha value is -0.230. The van der Waals surface area contributed by atoms with Gasteiger partial charge in [-0.15, -0.1) is 0 Å². The molecule has 0 heterocycles. The third-order valence-corrected chi connectivity index (χ3v) is 1.34. The number of ketones is 1. The average Bonchev–Trinajstić information content (AvgIpc) is 1.27. The number of carbonyl (C=O) groups excluding carboxylic acids is 1. The van der Waals surface area contributed by atoms with Crippen molar-refractivity contribution >= 4 is 13.6 Å². The molecule has 0 aliphatic heterocycles. The molecule has 0 fully saturated rings. The van der Waals surface area contributed by atoms with Gasteiger partial charge >= 0.3 is 7.80 Å². The van der Waals surface area contributed by atoms with E-state index in [0.717, 1.165) is 0 Å².